The maximum Gasteiger partial charge on any atom is 0.321 e. The second-order valence-electron chi connectivity index (χ2n) is 4.30. The summed E-state index contributed by atoms with van der Waals surface area (Å²) in [4.78, 5) is 13.4. The van der Waals surface area contributed by atoms with Gasteiger partial charge in [0.1, 0.15) is 5.75 Å². The number of carbonyl (C=O) groups is 1. The first-order valence-electron chi connectivity index (χ1n) is 6.50. The summed E-state index contributed by atoms with van der Waals surface area (Å²) in [5, 5.41) is 2.74. The first-order chi connectivity index (χ1) is 9.19. The number of benzene rings is 1. The third kappa shape index (κ3) is 5.04. The molecule has 0 saturated carbocycles. The topological polar surface area (TPSA) is 41.6 Å². The van der Waals surface area contributed by atoms with Gasteiger partial charge in [-0.1, -0.05) is 31.5 Å². The van der Waals surface area contributed by atoms with E-state index in [1.54, 1.807) is 25.3 Å². The number of methoxy groups -OCH3 is 1. The van der Waals surface area contributed by atoms with Crippen molar-refractivity contribution in [1.29, 1.82) is 0 Å². The number of carbonyl (C=O) groups excluding carboxylic acids is 1. The van der Waals surface area contributed by atoms with Crippen molar-refractivity contribution in [1.82, 2.24) is 10.2 Å². The molecule has 1 N–H and O–H groups in total. The summed E-state index contributed by atoms with van der Waals surface area (Å²) in [5.41, 5.74) is 0.932. The van der Waals surface area contributed by atoms with Crippen LogP contribution in [-0.2, 0) is 0 Å². The third-order valence-electron chi connectivity index (χ3n) is 2.80. The van der Waals surface area contributed by atoms with Gasteiger partial charge in [-0.3, -0.25) is 0 Å². The van der Waals surface area contributed by atoms with Crippen LogP contribution >= 0.6 is 0 Å². The second-order valence-corrected chi connectivity index (χ2v) is 4.30. The van der Waals surface area contributed by atoms with Crippen LogP contribution in [0.15, 0.2) is 30.5 Å². The van der Waals surface area contributed by atoms with E-state index in [-0.39, 0.29) is 6.03 Å². The van der Waals surface area contributed by atoms with Crippen LogP contribution < -0.4 is 10.1 Å². The molecule has 0 heterocycles. The fourth-order valence-electron chi connectivity index (χ4n) is 1.61. The van der Waals surface area contributed by atoms with E-state index in [9.17, 15) is 4.79 Å². The number of amides is 2. The van der Waals surface area contributed by atoms with E-state index >= 15 is 0 Å². The number of ether oxygens (including phenoxy) is 1. The average molecular weight is 262 g/mol. The molecule has 4 heteroatoms. The Morgan fingerprint density at radius 3 is 2.84 bits per heavy atom. The fraction of sp³-hybridized carbons (Fsp3) is 0.400. The van der Waals surface area contributed by atoms with Crippen LogP contribution in [0.5, 0.6) is 5.75 Å². The average Bonchev–Trinajstić information content (AvgIpc) is 2.45. The molecule has 0 unspecified atom stereocenters. The lowest BCUT2D eigenvalue weighted by Crippen LogP contribution is -2.34. The number of nitrogens with one attached hydrogen (secondary N) is 1. The summed E-state index contributed by atoms with van der Waals surface area (Å²) in [6.45, 7) is 2.87. The van der Waals surface area contributed by atoms with Gasteiger partial charge < -0.3 is 15.0 Å². The maximum atomic E-state index is 11.7. The van der Waals surface area contributed by atoms with Crippen molar-refractivity contribution < 1.29 is 9.53 Å². The largest absolute Gasteiger partial charge is 0.496 e. The Morgan fingerprint density at radius 2 is 2.16 bits per heavy atom. The molecule has 0 aliphatic heterocycles. The standard InChI is InChI=1S/C15H22N2O2/c1-4-5-12-17(2)15(18)16-11-10-13-8-6-7-9-14(13)19-3/h6-11H,4-5,12H2,1-3H3,(H,16,18)/b11-10+. The SMILES string of the molecule is CCCCN(C)C(=O)N/C=C/c1ccccc1OC. The molecule has 0 spiro atoms. The Kier molecular flexibility index (Phi) is 6.50. The van der Waals surface area contributed by atoms with Crippen molar-refractivity contribution in [2.75, 3.05) is 20.7 Å². The Bertz CT molecular complexity index is 430. The van der Waals surface area contributed by atoms with E-state index in [0.717, 1.165) is 30.7 Å². The van der Waals surface area contributed by atoms with Crippen molar-refractivity contribution in [2.24, 2.45) is 0 Å². The van der Waals surface area contributed by atoms with Gasteiger partial charge in [-0.15, -0.1) is 0 Å². The summed E-state index contributed by atoms with van der Waals surface area (Å²) in [6, 6.07) is 7.56. The van der Waals surface area contributed by atoms with Gasteiger partial charge in [-0.25, -0.2) is 4.79 Å². The molecule has 0 aromatic heterocycles. The van der Waals surface area contributed by atoms with Crippen LogP contribution in [0.2, 0.25) is 0 Å². The third-order valence-corrected chi connectivity index (χ3v) is 2.80. The van der Waals surface area contributed by atoms with Gasteiger partial charge in [0.15, 0.2) is 0 Å². The zero-order valence-electron chi connectivity index (χ0n) is 11.8. The first-order valence-corrected chi connectivity index (χ1v) is 6.50. The lowest BCUT2D eigenvalue weighted by atomic mass is 10.2. The van der Waals surface area contributed by atoms with Crippen LogP contribution in [0.25, 0.3) is 6.08 Å². The summed E-state index contributed by atoms with van der Waals surface area (Å²) in [5.74, 6) is 0.785. The molecule has 0 saturated heterocycles. The normalized spacial score (nSPS) is 10.5. The van der Waals surface area contributed by atoms with Crippen molar-refractivity contribution in [2.45, 2.75) is 19.8 Å². The minimum atomic E-state index is -0.0976. The van der Waals surface area contributed by atoms with Gasteiger partial charge in [-0.05, 0) is 18.6 Å². The van der Waals surface area contributed by atoms with Gasteiger partial charge >= 0.3 is 6.03 Å². The highest BCUT2D eigenvalue weighted by atomic mass is 16.5. The number of urea groups is 1. The molecule has 19 heavy (non-hydrogen) atoms. The van der Waals surface area contributed by atoms with Gasteiger partial charge in [-0.2, -0.15) is 0 Å². The van der Waals surface area contributed by atoms with E-state index in [0.29, 0.717) is 0 Å². The van der Waals surface area contributed by atoms with Crippen LogP contribution in [-0.4, -0.2) is 31.6 Å². The highest BCUT2D eigenvalue weighted by molar-refractivity contribution is 5.76. The number of hydrogen-bond donors (Lipinski definition) is 1. The van der Waals surface area contributed by atoms with E-state index in [1.807, 2.05) is 30.3 Å². The predicted octanol–water partition coefficient (Wildman–Crippen LogP) is 3.11. The van der Waals surface area contributed by atoms with Gasteiger partial charge in [0, 0.05) is 25.4 Å². The van der Waals surface area contributed by atoms with Crippen molar-refractivity contribution in [3.63, 3.8) is 0 Å². The summed E-state index contributed by atoms with van der Waals surface area (Å²) in [6.07, 6.45) is 5.56. The van der Waals surface area contributed by atoms with Crippen molar-refractivity contribution in [3.05, 3.63) is 36.0 Å². The molecule has 1 rings (SSSR count). The van der Waals surface area contributed by atoms with E-state index in [4.69, 9.17) is 4.74 Å². The molecule has 104 valence electrons. The summed E-state index contributed by atoms with van der Waals surface area (Å²) >= 11 is 0. The summed E-state index contributed by atoms with van der Waals surface area (Å²) in [7, 11) is 3.42. The maximum absolute atomic E-state index is 11.7. The molecule has 2 amide bonds. The lowest BCUT2D eigenvalue weighted by Gasteiger charge is -2.15. The number of para-hydroxylation sites is 1. The molecule has 1 aromatic rings. The molecule has 0 radical (unpaired) electrons. The molecule has 1 aromatic carbocycles. The highest BCUT2D eigenvalue weighted by Crippen LogP contribution is 2.18. The first kappa shape index (κ1) is 15.1. The van der Waals surface area contributed by atoms with Gasteiger partial charge in [0.2, 0.25) is 0 Å². The van der Waals surface area contributed by atoms with E-state index < -0.39 is 0 Å². The van der Waals surface area contributed by atoms with Gasteiger partial charge in [0.05, 0.1) is 7.11 Å². The number of hydrogen-bond acceptors (Lipinski definition) is 2. The second kappa shape index (κ2) is 8.19. The van der Waals surface area contributed by atoms with Crippen molar-refractivity contribution in [3.8, 4) is 5.75 Å². The van der Waals surface area contributed by atoms with Crippen LogP contribution in [0.3, 0.4) is 0 Å². The Hall–Kier alpha value is -1.97. The smallest absolute Gasteiger partial charge is 0.321 e. The molecule has 0 fully saturated rings. The molecule has 4 nitrogen and oxygen atoms in total. The Labute approximate surface area is 115 Å². The number of nitrogens with zero attached hydrogens (tertiary/aromatic N) is 1. The zero-order chi connectivity index (χ0) is 14.1. The molecular formula is C15H22N2O2. The molecule has 0 atom stereocenters. The highest BCUT2D eigenvalue weighted by Gasteiger charge is 2.04. The van der Waals surface area contributed by atoms with Crippen LogP contribution in [0, 0.1) is 0 Å². The Morgan fingerprint density at radius 1 is 1.42 bits per heavy atom. The monoisotopic (exact) mass is 262 g/mol. The predicted molar refractivity (Wildman–Crippen MR) is 78.1 cm³/mol. The summed E-state index contributed by atoms with van der Waals surface area (Å²) < 4.78 is 5.23. The van der Waals surface area contributed by atoms with Gasteiger partial charge in [0.25, 0.3) is 0 Å². The molecular weight excluding hydrogens is 240 g/mol. The number of unbranched alkanes of at least 4 members (excludes halogenated alkanes) is 1. The lowest BCUT2D eigenvalue weighted by molar-refractivity contribution is 0.212. The van der Waals surface area contributed by atoms with Crippen molar-refractivity contribution >= 4 is 12.1 Å². The quantitative estimate of drug-likeness (QED) is 0.856. The number of rotatable bonds is 6. The molecule has 0 aliphatic carbocycles. The fourth-order valence-corrected chi connectivity index (χ4v) is 1.61. The minimum absolute atomic E-state index is 0.0976. The Balaban J connectivity index is 2.51. The van der Waals surface area contributed by atoms with E-state index in [2.05, 4.69) is 12.2 Å². The van der Waals surface area contributed by atoms with E-state index in [1.165, 1.54) is 0 Å². The minimum Gasteiger partial charge on any atom is -0.496 e. The molecule has 0 aliphatic rings. The van der Waals surface area contributed by atoms with Crippen LogP contribution in [0.1, 0.15) is 25.3 Å². The molecule has 0 bridgehead atoms. The van der Waals surface area contributed by atoms with Crippen LogP contribution in [0.4, 0.5) is 4.79 Å². The zero-order valence-corrected chi connectivity index (χ0v) is 11.8.